The standard InChI is InChI=1S/C16H25NO3/c1-5-8-16(2)11-17-10-15(20-16)12-6-7-13(18-3)14(9-12)19-4/h6-7,9,15,17H,5,8,10-11H2,1-4H3. The van der Waals surface area contributed by atoms with Crippen molar-refractivity contribution in [2.75, 3.05) is 27.3 Å². The maximum absolute atomic E-state index is 6.31. The third kappa shape index (κ3) is 3.25. The molecule has 4 nitrogen and oxygen atoms in total. The van der Waals surface area contributed by atoms with Gasteiger partial charge < -0.3 is 19.5 Å². The second kappa shape index (κ2) is 6.46. The van der Waals surface area contributed by atoms with E-state index in [4.69, 9.17) is 14.2 Å². The Labute approximate surface area is 121 Å². The van der Waals surface area contributed by atoms with E-state index in [-0.39, 0.29) is 11.7 Å². The Hall–Kier alpha value is -1.26. The Kier molecular flexibility index (Phi) is 4.89. The van der Waals surface area contributed by atoms with E-state index < -0.39 is 0 Å². The monoisotopic (exact) mass is 279 g/mol. The first-order valence-electron chi connectivity index (χ1n) is 7.22. The summed E-state index contributed by atoms with van der Waals surface area (Å²) in [6, 6.07) is 5.98. The molecule has 2 rings (SSSR count). The van der Waals surface area contributed by atoms with Gasteiger partial charge >= 0.3 is 0 Å². The molecule has 2 atom stereocenters. The molecule has 0 radical (unpaired) electrons. The second-order valence-corrected chi connectivity index (χ2v) is 5.55. The normalized spacial score (nSPS) is 26.3. The van der Waals surface area contributed by atoms with Gasteiger partial charge in [0.15, 0.2) is 11.5 Å². The molecule has 1 fully saturated rings. The fourth-order valence-electron chi connectivity index (χ4n) is 2.81. The molecule has 0 aliphatic carbocycles. The van der Waals surface area contributed by atoms with Crippen molar-refractivity contribution in [2.45, 2.75) is 38.4 Å². The summed E-state index contributed by atoms with van der Waals surface area (Å²) in [4.78, 5) is 0. The molecule has 0 bridgehead atoms. The SMILES string of the molecule is CCCC1(C)CNCC(c2ccc(OC)c(OC)c2)O1. The maximum atomic E-state index is 6.31. The highest BCUT2D eigenvalue weighted by atomic mass is 16.5. The number of hydrogen-bond acceptors (Lipinski definition) is 4. The lowest BCUT2D eigenvalue weighted by molar-refractivity contribution is -0.112. The first-order chi connectivity index (χ1) is 9.61. The third-order valence-electron chi connectivity index (χ3n) is 3.81. The van der Waals surface area contributed by atoms with Gasteiger partial charge in [0, 0.05) is 13.1 Å². The lowest BCUT2D eigenvalue weighted by Crippen LogP contribution is -2.48. The predicted molar refractivity (Wildman–Crippen MR) is 79.6 cm³/mol. The Bertz CT molecular complexity index is 445. The molecule has 2 unspecified atom stereocenters. The number of methoxy groups -OCH3 is 2. The van der Waals surface area contributed by atoms with Crippen molar-refractivity contribution in [1.82, 2.24) is 5.32 Å². The molecule has 20 heavy (non-hydrogen) atoms. The number of rotatable bonds is 5. The molecular formula is C16H25NO3. The van der Waals surface area contributed by atoms with Crippen LogP contribution in [0.25, 0.3) is 0 Å². The molecule has 0 aromatic heterocycles. The van der Waals surface area contributed by atoms with E-state index >= 15 is 0 Å². The summed E-state index contributed by atoms with van der Waals surface area (Å²) in [7, 11) is 3.30. The maximum Gasteiger partial charge on any atom is 0.161 e. The predicted octanol–water partition coefficient (Wildman–Crippen LogP) is 2.92. The molecule has 112 valence electrons. The van der Waals surface area contributed by atoms with Crippen LogP contribution in [-0.2, 0) is 4.74 Å². The lowest BCUT2D eigenvalue weighted by Gasteiger charge is -2.39. The smallest absolute Gasteiger partial charge is 0.161 e. The molecule has 1 saturated heterocycles. The summed E-state index contributed by atoms with van der Waals surface area (Å²) in [5, 5.41) is 3.48. The van der Waals surface area contributed by atoms with Gasteiger partial charge in [0.25, 0.3) is 0 Å². The molecule has 0 saturated carbocycles. The third-order valence-corrected chi connectivity index (χ3v) is 3.81. The zero-order chi connectivity index (χ0) is 14.6. The van der Waals surface area contributed by atoms with Gasteiger partial charge in [-0.2, -0.15) is 0 Å². The summed E-state index contributed by atoms with van der Waals surface area (Å²) < 4.78 is 17.0. The van der Waals surface area contributed by atoms with Crippen LogP contribution in [0.3, 0.4) is 0 Å². The minimum atomic E-state index is -0.0924. The molecular weight excluding hydrogens is 254 g/mol. The van der Waals surface area contributed by atoms with E-state index in [1.807, 2.05) is 18.2 Å². The molecule has 1 aliphatic rings. The molecule has 1 aromatic rings. The summed E-state index contributed by atoms with van der Waals surface area (Å²) in [5.74, 6) is 1.49. The highest BCUT2D eigenvalue weighted by Crippen LogP contribution is 2.35. The number of benzene rings is 1. The molecule has 0 spiro atoms. The van der Waals surface area contributed by atoms with Gasteiger partial charge in [-0.25, -0.2) is 0 Å². The summed E-state index contributed by atoms with van der Waals surface area (Å²) in [6.45, 7) is 6.10. The van der Waals surface area contributed by atoms with Crippen LogP contribution in [-0.4, -0.2) is 32.9 Å². The van der Waals surface area contributed by atoms with Crippen molar-refractivity contribution in [1.29, 1.82) is 0 Å². The van der Waals surface area contributed by atoms with E-state index in [9.17, 15) is 0 Å². The van der Waals surface area contributed by atoms with Crippen LogP contribution >= 0.6 is 0 Å². The highest BCUT2D eigenvalue weighted by molar-refractivity contribution is 5.43. The van der Waals surface area contributed by atoms with Gasteiger partial charge in [-0.05, 0) is 31.0 Å². The Morgan fingerprint density at radius 2 is 2.05 bits per heavy atom. The molecule has 1 aliphatic heterocycles. The minimum absolute atomic E-state index is 0.0557. The van der Waals surface area contributed by atoms with Crippen LogP contribution in [0, 0.1) is 0 Å². The van der Waals surface area contributed by atoms with Gasteiger partial charge in [-0.3, -0.25) is 0 Å². The van der Waals surface area contributed by atoms with Gasteiger partial charge in [0.2, 0.25) is 0 Å². The average Bonchev–Trinajstić information content (AvgIpc) is 2.46. The van der Waals surface area contributed by atoms with Gasteiger partial charge in [-0.15, -0.1) is 0 Å². The topological polar surface area (TPSA) is 39.7 Å². The van der Waals surface area contributed by atoms with E-state index in [1.165, 1.54) is 0 Å². The molecule has 1 N–H and O–H groups in total. The zero-order valence-electron chi connectivity index (χ0n) is 12.9. The van der Waals surface area contributed by atoms with E-state index in [0.717, 1.165) is 43.0 Å². The highest BCUT2D eigenvalue weighted by Gasteiger charge is 2.32. The molecule has 4 heteroatoms. The van der Waals surface area contributed by atoms with E-state index in [2.05, 4.69) is 19.2 Å². The van der Waals surface area contributed by atoms with Crippen LogP contribution in [0.2, 0.25) is 0 Å². The quantitative estimate of drug-likeness (QED) is 0.899. The zero-order valence-corrected chi connectivity index (χ0v) is 12.9. The molecule has 0 amide bonds. The van der Waals surface area contributed by atoms with Crippen molar-refractivity contribution in [2.24, 2.45) is 0 Å². The summed E-state index contributed by atoms with van der Waals surface area (Å²) in [6.07, 6.45) is 2.24. The van der Waals surface area contributed by atoms with E-state index in [0.29, 0.717) is 0 Å². The fraction of sp³-hybridized carbons (Fsp3) is 0.625. The summed E-state index contributed by atoms with van der Waals surface area (Å²) in [5.41, 5.74) is 1.03. The van der Waals surface area contributed by atoms with Crippen molar-refractivity contribution in [3.8, 4) is 11.5 Å². The Morgan fingerprint density at radius 1 is 1.30 bits per heavy atom. The lowest BCUT2D eigenvalue weighted by atomic mass is 9.96. The number of nitrogens with one attached hydrogen (secondary N) is 1. The summed E-state index contributed by atoms with van der Waals surface area (Å²) >= 11 is 0. The van der Waals surface area contributed by atoms with Gasteiger partial charge in [0.05, 0.1) is 25.9 Å². The number of hydrogen-bond donors (Lipinski definition) is 1. The van der Waals surface area contributed by atoms with Crippen LogP contribution in [0.4, 0.5) is 0 Å². The van der Waals surface area contributed by atoms with Crippen molar-refractivity contribution in [3.63, 3.8) is 0 Å². The Balaban J connectivity index is 2.18. The first-order valence-corrected chi connectivity index (χ1v) is 7.22. The van der Waals surface area contributed by atoms with Crippen LogP contribution in [0.15, 0.2) is 18.2 Å². The number of morpholine rings is 1. The first kappa shape index (κ1) is 15.1. The second-order valence-electron chi connectivity index (χ2n) is 5.55. The van der Waals surface area contributed by atoms with Crippen LogP contribution in [0.5, 0.6) is 11.5 Å². The van der Waals surface area contributed by atoms with Gasteiger partial charge in [-0.1, -0.05) is 19.4 Å². The van der Waals surface area contributed by atoms with Crippen molar-refractivity contribution >= 4 is 0 Å². The van der Waals surface area contributed by atoms with Crippen molar-refractivity contribution in [3.05, 3.63) is 23.8 Å². The Morgan fingerprint density at radius 3 is 2.70 bits per heavy atom. The molecule has 1 aromatic carbocycles. The van der Waals surface area contributed by atoms with Crippen LogP contribution < -0.4 is 14.8 Å². The van der Waals surface area contributed by atoms with Crippen LogP contribution in [0.1, 0.15) is 38.4 Å². The fourth-order valence-corrected chi connectivity index (χ4v) is 2.81. The minimum Gasteiger partial charge on any atom is -0.493 e. The average molecular weight is 279 g/mol. The van der Waals surface area contributed by atoms with Crippen molar-refractivity contribution < 1.29 is 14.2 Å². The largest absolute Gasteiger partial charge is 0.493 e. The van der Waals surface area contributed by atoms with Gasteiger partial charge in [0.1, 0.15) is 0 Å². The molecule has 1 heterocycles. The number of ether oxygens (including phenoxy) is 3. The van der Waals surface area contributed by atoms with E-state index in [1.54, 1.807) is 14.2 Å².